The molecule has 0 unspecified atom stereocenters. The van der Waals surface area contributed by atoms with E-state index < -0.39 is 22.0 Å². The Morgan fingerprint density at radius 3 is 2.47 bits per heavy atom. The van der Waals surface area contributed by atoms with E-state index in [-0.39, 0.29) is 12.3 Å². The van der Waals surface area contributed by atoms with E-state index in [1.807, 2.05) is 0 Å². The van der Waals surface area contributed by atoms with Crippen LogP contribution in [0.5, 0.6) is 0 Å². The molecule has 1 N–H and O–H groups in total. The molecule has 1 aromatic rings. The topological polar surface area (TPSA) is 81.3 Å². The first kappa shape index (κ1) is 14.4. The molecule has 17 heavy (non-hydrogen) atoms. The third kappa shape index (κ3) is 5.97. The zero-order chi connectivity index (χ0) is 12.9. The van der Waals surface area contributed by atoms with Gasteiger partial charge in [0.2, 0.25) is 0 Å². The SMILES string of the molecule is O=S(=O)([O-])CCc1cc[n+](C[C@H](O)CCl)cc1. The number of halogens is 1. The summed E-state index contributed by atoms with van der Waals surface area (Å²) in [7, 11) is -4.17. The molecule has 0 bridgehead atoms. The first-order valence-corrected chi connectivity index (χ1v) is 7.17. The lowest BCUT2D eigenvalue weighted by Gasteiger charge is -2.06. The Hall–Kier alpha value is -0.690. The van der Waals surface area contributed by atoms with E-state index in [1.165, 1.54) is 0 Å². The van der Waals surface area contributed by atoms with E-state index in [4.69, 9.17) is 11.6 Å². The van der Waals surface area contributed by atoms with Crippen LogP contribution < -0.4 is 4.57 Å². The van der Waals surface area contributed by atoms with E-state index in [9.17, 15) is 18.1 Å². The van der Waals surface area contributed by atoms with Crippen molar-refractivity contribution >= 4 is 21.7 Å². The van der Waals surface area contributed by atoms with E-state index in [0.29, 0.717) is 6.54 Å². The van der Waals surface area contributed by atoms with Crippen molar-refractivity contribution in [3.8, 4) is 0 Å². The van der Waals surface area contributed by atoms with Gasteiger partial charge in [0.05, 0.1) is 16.0 Å². The van der Waals surface area contributed by atoms with Gasteiger partial charge in [-0.1, -0.05) is 0 Å². The Morgan fingerprint density at radius 2 is 2.00 bits per heavy atom. The molecule has 0 aliphatic carbocycles. The standard InChI is InChI=1S/C10H14ClNO4S/c11-7-10(13)8-12-4-1-9(2-5-12)3-6-17(14,15)16/h1-2,4-5,10,13H,3,6-8H2/t10-/m1/s1. The number of aliphatic hydroxyl groups is 1. The first-order valence-electron chi connectivity index (χ1n) is 5.06. The van der Waals surface area contributed by atoms with Crippen molar-refractivity contribution < 1.29 is 22.6 Å². The van der Waals surface area contributed by atoms with Crippen LogP contribution in [-0.4, -0.2) is 35.8 Å². The molecule has 96 valence electrons. The van der Waals surface area contributed by atoms with Gasteiger partial charge in [-0.2, -0.15) is 0 Å². The summed E-state index contributed by atoms with van der Waals surface area (Å²) in [6, 6.07) is 3.43. The molecular formula is C10H14ClNO4S. The fourth-order valence-electron chi connectivity index (χ4n) is 1.31. The molecule has 0 aliphatic rings. The van der Waals surface area contributed by atoms with Crippen LogP contribution in [0.25, 0.3) is 0 Å². The Morgan fingerprint density at radius 1 is 1.41 bits per heavy atom. The average Bonchev–Trinajstić information content (AvgIpc) is 2.27. The molecule has 0 saturated carbocycles. The number of hydrogen-bond donors (Lipinski definition) is 1. The van der Waals surface area contributed by atoms with Gasteiger partial charge in [0.25, 0.3) is 0 Å². The molecule has 1 heterocycles. The number of aryl methyl sites for hydroxylation is 1. The Kier molecular flexibility index (Phi) is 5.32. The molecule has 1 aromatic heterocycles. The summed E-state index contributed by atoms with van der Waals surface area (Å²) in [5.74, 6) is -0.246. The second kappa shape index (κ2) is 6.30. The summed E-state index contributed by atoms with van der Waals surface area (Å²) in [5.41, 5.74) is 0.765. The van der Waals surface area contributed by atoms with Crippen molar-refractivity contribution in [1.82, 2.24) is 0 Å². The minimum Gasteiger partial charge on any atom is -0.748 e. The van der Waals surface area contributed by atoms with Gasteiger partial charge in [-0.05, 0) is 12.0 Å². The highest BCUT2D eigenvalue weighted by Crippen LogP contribution is 1.99. The van der Waals surface area contributed by atoms with Gasteiger partial charge in [-0.3, -0.25) is 0 Å². The number of aliphatic hydroxyl groups excluding tert-OH is 1. The molecule has 0 fully saturated rings. The van der Waals surface area contributed by atoms with Crippen molar-refractivity contribution in [3.05, 3.63) is 30.1 Å². The van der Waals surface area contributed by atoms with Crippen LogP contribution in [0, 0.1) is 0 Å². The Bertz CT molecular complexity index is 446. The number of nitrogens with zero attached hydrogens (tertiary/aromatic N) is 1. The number of rotatable bonds is 6. The summed E-state index contributed by atoms with van der Waals surface area (Å²) < 4.78 is 33.1. The number of pyridine rings is 1. The average molecular weight is 280 g/mol. The molecule has 0 amide bonds. The quantitative estimate of drug-likeness (QED) is 0.439. The van der Waals surface area contributed by atoms with Crippen molar-refractivity contribution in [2.75, 3.05) is 11.6 Å². The number of hydrogen-bond acceptors (Lipinski definition) is 4. The summed E-state index contributed by atoms with van der Waals surface area (Å²) >= 11 is 5.47. The highest BCUT2D eigenvalue weighted by Gasteiger charge is 2.09. The zero-order valence-electron chi connectivity index (χ0n) is 9.12. The van der Waals surface area contributed by atoms with Gasteiger partial charge in [0.15, 0.2) is 18.9 Å². The summed E-state index contributed by atoms with van der Waals surface area (Å²) in [4.78, 5) is 0. The van der Waals surface area contributed by atoms with Crippen molar-refractivity contribution in [2.24, 2.45) is 0 Å². The summed E-state index contributed by atoms with van der Waals surface area (Å²) in [6.07, 6.45) is 3.00. The molecule has 5 nitrogen and oxygen atoms in total. The van der Waals surface area contributed by atoms with E-state index in [1.54, 1.807) is 29.1 Å². The number of alkyl halides is 1. The van der Waals surface area contributed by atoms with Gasteiger partial charge in [0.1, 0.15) is 6.10 Å². The predicted octanol–water partition coefficient (Wildman–Crippen LogP) is -0.338. The predicted molar refractivity (Wildman–Crippen MR) is 61.6 cm³/mol. The highest BCUT2D eigenvalue weighted by atomic mass is 35.5. The lowest BCUT2D eigenvalue weighted by molar-refractivity contribution is -0.703. The van der Waals surface area contributed by atoms with Gasteiger partial charge in [-0.15, -0.1) is 11.6 Å². The van der Waals surface area contributed by atoms with Crippen LogP contribution in [0.2, 0.25) is 0 Å². The van der Waals surface area contributed by atoms with E-state index >= 15 is 0 Å². The van der Waals surface area contributed by atoms with Crippen LogP contribution in [0.1, 0.15) is 5.56 Å². The molecule has 1 rings (SSSR count). The lowest BCUT2D eigenvalue weighted by Crippen LogP contribution is -2.39. The molecule has 0 saturated heterocycles. The van der Waals surface area contributed by atoms with Crippen molar-refractivity contribution in [2.45, 2.75) is 19.1 Å². The smallest absolute Gasteiger partial charge is 0.175 e. The Balaban J connectivity index is 2.56. The van der Waals surface area contributed by atoms with Crippen LogP contribution in [0.4, 0.5) is 0 Å². The Labute approximate surface area is 105 Å². The van der Waals surface area contributed by atoms with Crippen molar-refractivity contribution in [1.29, 1.82) is 0 Å². The maximum absolute atomic E-state index is 10.4. The second-order valence-electron chi connectivity index (χ2n) is 3.72. The summed E-state index contributed by atoms with van der Waals surface area (Å²) in [6.45, 7) is 0.379. The molecule has 0 aliphatic heterocycles. The molecule has 1 atom stereocenters. The van der Waals surface area contributed by atoms with Gasteiger partial charge >= 0.3 is 0 Å². The van der Waals surface area contributed by atoms with Crippen LogP contribution in [0.3, 0.4) is 0 Å². The summed E-state index contributed by atoms with van der Waals surface area (Å²) in [5, 5.41) is 9.32. The molecular weight excluding hydrogens is 266 g/mol. The second-order valence-corrected chi connectivity index (χ2v) is 5.56. The first-order chi connectivity index (χ1) is 7.90. The molecule has 0 aromatic carbocycles. The van der Waals surface area contributed by atoms with E-state index in [2.05, 4.69) is 0 Å². The third-order valence-corrected chi connectivity index (χ3v) is 3.26. The van der Waals surface area contributed by atoms with Crippen molar-refractivity contribution in [3.63, 3.8) is 0 Å². The fraction of sp³-hybridized carbons (Fsp3) is 0.500. The maximum atomic E-state index is 10.4. The van der Waals surface area contributed by atoms with Crippen LogP contribution >= 0.6 is 11.6 Å². The minimum absolute atomic E-state index is 0.156. The van der Waals surface area contributed by atoms with Crippen LogP contribution in [0.15, 0.2) is 24.5 Å². The van der Waals surface area contributed by atoms with Gasteiger partial charge in [0, 0.05) is 17.9 Å². The maximum Gasteiger partial charge on any atom is 0.175 e. The molecule has 0 spiro atoms. The fourth-order valence-corrected chi connectivity index (χ4v) is 1.89. The zero-order valence-corrected chi connectivity index (χ0v) is 10.7. The van der Waals surface area contributed by atoms with E-state index in [0.717, 1.165) is 5.56 Å². The molecule has 7 heteroatoms. The third-order valence-electron chi connectivity index (χ3n) is 2.20. The largest absolute Gasteiger partial charge is 0.748 e. The minimum atomic E-state index is -4.17. The van der Waals surface area contributed by atoms with Gasteiger partial charge < -0.3 is 9.66 Å². The number of aromatic nitrogens is 1. The van der Waals surface area contributed by atoms with Crippen LogP contribution in [-0.2, 0) is 23.1 Å². The normalized spacial score (nSPS) is 13.6. The van der Waals surface area contributed by atoms with Gasteiger partial charge in [-0.25, -0.2) is 13.0 Å². The monoisotopic (exact) mass is 279 g/mol. The highest BCUT2D eigenvalue weighted by molar-refractivity contribution is 7.85. The lowest BCUT2D eigenvalue weighted by atomic mass is 10.2. The molecule has 0 radical (unpaired) electrons.